The highest BCUT2D eigenvalue weighted by Crippen LogP contribution is 2.20. The third kappa shape index (κ3) is 4.91. The van der Waals surface area contributed by atoms with E-state index in [1.54, 1.807) is 19.9 Å². The summed E-state index contributed by atoms with van der Waals surface area (Å²) in [5, 5.41) is 9.48. The third-order valence-corrected chi connectivity index (χ3v) is 3.53. The Kier molecular flexibility index (Phi) is 7.16. The molecule has 0 unspecified atom stereocenters. The number of ether oxygens (including phenoxy) is 1. The number of esters is 1. The van der Waals surface area contributed by atoms with Crippen LogP contribution in [-0.4, -0.2) is 34.7 Å². The van der Waals surface area contributed by atoms with Crippen molar-refractivity contribution in [1.29, 1.82) is 0 Å². The summed E-state index contributed by atoms with van der Waals surface area (Å²) in [6.07, 6.45) is 0.925. The second-order valence-corrected chi connectivity index (χ2v) is 5.02. The first-order valence-corrected chi connectivity index (χ1v) is 7.32. The van der Waals surface area contributed by atoms with Crippen molar-refractivity contribution in [3.63, 3.8) is 0 Å². The molecule has 0 radical (unpaired) electrons. The molecule has 120 valence electrons. The Bertz CT molecular complexity index is 501. The van der Waals surface area contributed by atoms with E-state index in [1.165, 1.54) is 4.90 Å². The molecule has 0 bridgehead atoms. The zero-order valence-corrected chi connectivity index (χ0v) is 13.1. The smallest absolute Gasteiger partial charge is 0.407 e. The number of benzene rings is 1. The van der Waals surface area contributed by atoms with Crippen molar-refractivity contribution < 1.29 is 19.4 Å². The summed E-state index contributed by atoms with van der Waals surface area (Å²) >= 11 is 0. The first kappa shape index (κ1) is 17.8. The zero-order chi connectivity index (χ0) is 16.5. The van der Waals surface area contributed by atoms with Gasteiger partial charge in [0.2, 0.25) is 0 Å². The summed E-state index contributed by atoms with van der Waals surface area (Å²) in [7, 11) is 0. The molecule has 1 rings (SSSR count). The van der Waals surface area contributed by atoms with Crippen LogP contribution in [0.2, 0.25) is 0 Å². The van der Waals surface area contributed by atoms with Crippen LogP contribution < -0.4 is 0 Å². The SMILES string of the molecule is C=CC[C@H](C(=O)OCC)[C@H](C)N(Cc1ccccc1)C(=O)O. The minimum atomic E-state index is -1.06. The molecule has 1 N–H and O–H groups in total. The Labute approximate surface area is 131 Å². The number of hydrogen-bond acceptors (Lipinski definition) is 3. The number of carbonyl (C=O) groups is 2. The lowest BCUT2D eigenvalue weighted by Gasteiger charge is -2.31. The van der Waals surface area contributed by atoms with Gasteiger partial charge in [-0.3, -0.25) is 4.79 Å². The predicted molar refractivity (Wildman–Crippen MR) is 84.4 cm³/mol. The van der Waals surface area contributed by atoms with Crippen molar-refractivity contribution in [2.75, 3.05) is 6.61 Å². The van der Waals surface area contributed by atoms with Crippen LogP contribution in [-0.2, 0) is 16.1 Å². The van der Waals surface area contributed by atoms with Crippen molar-refractivity contribution in [1.82, 2.24) is 4.90 Å². The average Bonchev–Trinajstić information content (AvgIpc) is 2.50. The minimum absolute atomic E-state index is 0.227. The van der Waals surface area contributed by atoms with Crippen molar-refractivity contribution in [2.24, 2.45) is 5.92 Å². The van der Waals surface area contributed by atoms with Gasteiger partial charge in [-0.1, -0.05) is 36.4 Å². The van der Waals surface area contributed by atoms with E-state index >= 15 is 0 Å². The van der Waals surface area contributed by atoms with Crippen LogP contribution in [0.15, 0.2) is 43.0 Å². The summed E-state index contributed by atoms with van der Waals surface area (Å²) in [6, 6.07) is 8.79. The lowest BCUT2D eigenvalue weighted by atomic mass is 9.96. The number of carboxylic acid groups (broad SMARTS) is 1. The van der Waals surface area contributed by atoms with Gasteiger partial charge in [-0.05, 0) is 25.8 Å². The molecular weight excluding hydrogens is 282 g/mol. The lowest BCUT2D eigenvalue weighted by Crippen LogP contribution is -2.44. The van der Waals surface area contributed by atoms with Gasteiger partial charge in [-0.15, -0.1) is 6.58 Å². The van der Waals surface area contributed by atoms with Gasteiger partial charge in [0.15, 0.2) is 0 Å². The summed E-state index contributed by atoms with van der Waals surface area (Å²) in [6.45, 7) is 7.59. The molecule has 0 aliphatic heterocycles. The molecule has 22 heavy (non-hydrogen) atoms. The van der Waals surface area contributed by atoms with E-state index in [2.05, 4.69) is 6.58 Å². The van der Waals surface area contributed by atoms with Crippen LogP contribution >= 0.6 is 0 Å². The molecule has 0 spiro atoms. The van der Waals surface area contributed by atoms with Crippen LogP contribution in [0, 0.1) is 5.92 Å². The number of allylic oxidation sites excluding steroid dienone is 1. The highest BCUT2D eigenvalue weighted by Gasteiger charge is 2.32. The van der Waals surface area contributed by atoms with Gasteiger partial charge in [-0.25, -0.2) is 4.79 Å². The topological polar surface area (TPSA) is 66.8 Å². The Hall–Kier alpha value is -2.30. The number of hydrogen-bond donors (Lipinski definition) is 1. The fraction of sp³-hybridized carbons (Fsp3) is 0.412. The van der Waals surface area contributed by atoms with Crippen molar-refractivity contribution >= 4 is 12.1 Å². The highest BCUT2D eigenvalue weighted by atomic mass is 16.5. The zero-order valence-electron chi connectivity index (χ0n) is 13.1. The van der Waals surface area contributed by atoms with Crippen LogP contribution in [0.5, 0.6) is 0 Å². The molecule has 1 amide bonds. The van der Waals surface area contributed by atoms with Gasteiger partial charge in [0.05, 0.1) is 12.5 Å². The quantitative estimate of drug-likeness (QED) is 0.591. The largest absolute Gasteiger partial charge is 0.466 e. The third-order valence-electron chi connectivity index (χ3n) is 3.53. The van der Waals surface area contributed by atoms with Gasteiger partial charge in [0.1, 0.15) is 0 Å². The fourth-order valence-electron chi connectivity index (χ4n) is 2.30. The molecule has 0 aromatic heterocycles. The van der Waals surface area contributed by atoms with Crippen LogP contribution in [0.4, 0.5) is 4.79 Å². The molecule has 5 heteroatoms. The van der Waals surface area contributed by atoms with Gasteiger partial charge < -0.3 is 14.7 Å². The first-order valence-electron chi connectivity index (χ1n) is 7.32. The Morgan fingerprint density at radius 1 is 1.36 bits per heavy atom. The number of carbonyl (C=O) groups excluding carboxylic acids is 1. The number of nitrogens with zero attached hydrogens (tertiary/aromatic N) is 1. The second-order valence-electron chi connectivity index (χ2n) is 5.02. The van der Waals surface area contributed by atoms with Crippen molar-refractivity contribution in [3.05, 3.63) is 48.6 Å². The lowest BCUT2D eigenvalue weighted by molar-refractivity contribution is -0.150. The fourth-order valence-corrected chi connectivity index (χ4v) is 2.30. The molecule has 5 nitrogen and oxygen atoms in total. The Balaban J connectivity index is 2.94. The van der Waals surface area contributed by atoms with E-state index < -0.39 is 24.0 Å². The van der Waals surface area contributed by atoms with E-state index in [1.807, 2.05) is 30.3 Å². The Morgan fingerprint density at radius 2 is 2.00 bits per heavy atom. The normalized spacial score (nSPS) is 13.0. The standard InChI is InChI=1S/C17H23NO4/c1-4-9-15(16(19)22-5-2)13(3)18(17(20)21)12-14-10-7-6-8-11-14/h4,6-8,10-11,13,15H,1,5,9,12H2,2-3H3,(H,20,21)/t13-,15-/m0/s1. The van der Waals surface area contributed by atoms with Gasteiger partial charge in [0, 0.05) is 12.6 Å². The van der Waals surface area contributed by atoms with Crippen LogP contribution in [0.3, 0.4) is 0 Å². The minimum Gasteiger partial charge on any atom is -0.466 e. The average molecular weight is 305 g/mol. The molecule has 0 saturated heterocycles. The van der Waals surface area contributed by atoms with Crippen molar-refractivity contribution in [3.8, 4) is 0 Å². The van der Waals surface area contributed by atoms with Gasteiger partial charge in [0.25, 0.3) is 0 Å². The van der Waals surface area contributed by atoms with Gasteiger partial charge >= 0.3 is 12.1 Å². The number of rotatable bonds is 8. The van der Waals surface area contributed by atoms with Crippen LogP contribution in [0.25, 0.3) is 0 Å². The maximum atomic E-state index is 12.1. The van der Waals surface area contributed by atoms with E-state index in [0.717, 1.165) is 5.56 Å². The molecule has 0 aliphatic carbocycles. The second kappa shape index (κ2) is 8.87. The van der Waals surface area contributed by atoms with Crippen LogP contribution in [0.1, 0.15) is 25.8 Å². The molecule has 0 heterocycles. The van der Waals surface area contributed by atoms with E-state index in [0.29, 0.717) is 6.42 Å². The maximum Gasteiger partial charge on any atom is 0.407 e. The molecule has 1 aromatic carbocycles. The highest BCUT2D eigenvalue weighted by molar-refractivity contribution is 5.75. The molecular formula is C17H23NO4. The first-order chi connectivity index (χ1) is 10.5. The predicted octanol–water partition coefficient (Wildman–Crippen LogP) is 3.31. The van der Waals surface area contributed by atoms with Crippen molar-refractivity contribution in [2.45, 2.75) is 32.9 Å². The molecule has 0 saturated carbocycles. The van der Waals surface area contributed by atoms with E-state index in [9.17, 15) is 14.7 Å². The summed E-state index contributed by atoms with van der Waals surface area (Å²) in [5.74, 6) is -0.952. The molecule has 1 aromatic rings. The van der Waals surface area contributed by atoms with E-state index in [4.69, 9.17) is 4.74 Å². The molecule has 2 atom stereocenters. The summed E-state index contributed by atoms with van der Waals surface area (Å²) < 4.78 is 5.05. The monoisotopic (exact) mass is 305 g/mol. The molecule has 0 fully saturated rings. The van der Waals surface area contributed by atoms with E-state index in [-0.39, 0.29) is 13.2 Å². The maximum absolute atomic E-state index is 12.1. The number of amides is 1. The molecule has 0 aliphatic rings. The summed E-state index contributed by atoms with van der Waals surface area (Å²) in [4.78, 5) is 24.9. The summed E-state index contributed by atoms with van der Waals surface area (Å²) in [5.41, 5.74) is 0.873. The van der Waals surface area contributed by atoms with Gasteiger partial charge in [-0.2, -0.15) is 0 Å². The Morgan fingerprint density at radius 3 is 2.50 bits per heavy atom.